The van der Waals surface area contributed by atoms with Gasteiger partial charge in [-0.05, 0) is 43.6 Å². The maximum atomic E-state index is 12.5. The van der Waals surface area contributed by atoms with Crippen molar-refractivity contribution in [3.05, 3.63) is 0 Å². The Bertz CT molecular complexity index is 298. The van der Waals surface area contributed by atoms with Gasteiger partial charge in [0, 0.05) is 19.0 Å². The van der Waals surface area contributed by atoms with Gasteiger partial charge in [0.25, 0.3) is 0 Å². The molecular weight excluding hydrogens is 248 g/mol. The lowest BCUT2D eigenvalue weighted by Gasteiger charge is -2.26. The molecule has 1 amide bonds. The molecule has 0 aromatic rings. The van der Waals surface area contributed by atoms with Gasteiger partial charge in [0.1, 0.15) is 0 Å². The van der Waals surface area contributed by atoms with E-state index in [-0.39, 0.29) is 18.3 Å². The summed E-state index contributed by atoms with van der Waals surface area (Å²) in [4.78, 5) is 14.6. The summed E-state index contributed by atoms with van der Waals surface area (Å²) in [5.41, 5.74) is 6.12. The van der Waals surface area contributed by atoms with Crippen molar-refractivity contribution in [2.24, 2.45) is 23.0 Å². The maximum Gasteiger partial charge on any atom is 0.226 e. The van der Waals surface area contributed by atoms with Gasteiger partial charge >= 0.3 is 0 Å². The highest BCUT2D eigenvalue weighted by molar-refractivity contribution is 5.85. The van der Waals surface area contributed by atoms with Gasteiger partial charge in [0.15, 0.2) is 0 Å². The average Bonchev–Trinajstić information content (AvgIpc) is 2.95. The minimum Gasteiger partial charge on any atom is -0.342 e. The van der Waals surface area contributed by atoms with Crippen LogP contribution in [-0.2, 0) is 4.79 Å². The number of halogens is 1. The Morgan fingerprint density at radius 3 is 2.72 bits per heavy atom. The summed E-state index contributed by atoms with van der Waals surface area (Å²) in [6.07, 6.45) is 5.71. The van der Waals surface area contributed by atoms with Crippen LogP contribution in [0.25, 0.3) is 0 Å². The van der Waals surface area contributed by atoms with Crippen LogP contribution in [0.4, 0.5) is 0 Å². The van der Waals surface area contributed by atoms with Crippen LogP contribution in [0.15, 0.2) is 0 Å². The molecule has 0 aromatic heterocycles. The molecule has 0 bridgehead atoms. The zero-order valence-corrected chi connectivity index (χ0v) is 12.5. The normalized spacial score (nSPS) is 35.6. The maximum absolute atomic E-state index is 12.5. The minimum atomic E-state index is 0. The minimum absolute atomic E-state index is 0. The van der Waals surface area contributed by atoms with Gasteiger partial charge in [-0.25, -0.2) is 0 Å². The number of nitrogens with two attached hydrogens (primary N) is 1. The number of amides is 1. The van der Waals surface area contributed by atoms with Crippen molar-refractivity contribution in [2.45, 2.75) is 46.0 Å². The molecule has 1 aliphatic heterocycles. The summed E-state index contributed by atoms with van der Waals surface area (Å²) in [6, 6.07) is 0. The molecule has 0 aromatic carbocycles. The fourth-order valence-electron chi connectivity index (χ4n) is 3.38. The molecular formula is C14H27ClN2O. The lowest BCUT2D eigenvalue weighted by Crippen LogP contribution is -2.38. The molecule has 2 fully saturated rings. The Morgan fingerprint density at radius 2 is 2.17 bits per heavy atom. The number of hydrogen-bond donors (Lipinski definition) is 1. The fraction of sp³-hybridized carbons (Fsp3) is 0.929. The quantitative estimate of drug-likeness (QED) is 0.859. The van der Waals surface area contributed by atoms with E-state index in [0.29, 0.717) is 23.8 Å². The third-order valence-electron chi connectivity index (χ3n) is 5.00. The van der Waals surface area contributed by atoms with Gasteiger partial charge in [-0.3, -0.25) is 4.79 Å². The van der Waals surface area contributed by atoms with Crippen molar-refractivity contribution >= 4 is 18.3 Å². The number of carbonyl (C=O) groups excluding carboxylic acids is 1. The van der Waals surface area contributed by atoms with Gasteiger partial charge in [0.2, 0.25) is 5.91 Å². The second-order valence-corrected chi connectivity index (χ2v) is 6.21. The Labute approximate surface area is 117 Å². The Morgan fingerprint density at radius 1 is 1.44 bits per heavy atom. The van der Waals surface area contributed by atoms with Crippen molar-refractivity contribution < 1.29 is 4.79 Å². The zero-order valence-electron chi connectivity index (χ0n) is 11.7. The molecule has 0 radical (unpaired) electrons. The summed E-state index contributed by atoms with van der Waals surface area (Å²) in [5.74, 6) is 1.05. The van der Waals surface area contributed by atoms with Crippen molar-refractivity contribution in [3.8, 4) is 0 Å². The summed E-state index contributed by atoms with van der Waals surface area (Å²) in [5, 5.41) is 0. The van der Waals surface area contributed by atoms with E-state index >= 15 is 0 Å². The molecule has 2 aliphatic rings. The van der Waals surface area contributed by atoms with E-state index in [1.807, 2.05) is 0 Å². The van der Waals surface area contributed by atoms with Crippen molar-refractivity contribution in [1.82, 2.24) is 4.90 Å². The van der Waals surface area contributed by atoms with Crippen LogP contribution in [0.3, 0.4) is 0 Å². The van der Waals surface area contributed by atoms with E-state index < -0.39 is 0 Å². The highest BCUT2D eigenvalue weighted by Crippen LogP contribution is 2.37. The van der Waals surface area contributed by atoms with Crippen LogP contribution in [-0.4, -0.2) is 30.4 Å². The predicted octanol–water partition coefficient (Wildman–Crippen LogP) is 2.43. The van der Waals surface area contributed by atoms with E-state index in [4.69, 9.17) is 5.73 Å². The second kappa shape index (κ2) is 6.25. The number of rotatable bonds is 3. The molecule has 0 spiro atoms. The van der Waals surface area contributed by atoms with E-state index in [2.05, 4.69) is 18.7 Å². The summed E-state index contributed by atoms with van der Waals surface area (Å²) < 4.78 is 0. The Hall–Kier alpha value is -0.280. The lowest BCUT2D eigenvalue weighted by molar-refractivity contribution is -0.135. The second-order valence-electron chi connectivity index (χ2n) is 6.21. The van der Waals surface area contributed by atoms with Gasteiger partial charge in [-0.15, -0.1) is 12.4 Å². The smallest absolute Gasteiger partial charge is 0.226 e. The largest absolute Gasteiger partial charge is 0.342 e. The highest BCUT2D eigenvalue weighted by Gasteiger charge is 2.40. The van der Waals surface area contributed by atoms with E-state index in [0.717, 1.165) is 32.4 Å². The van der Waals surface area contributed by atoms with Crippen molar-refractivity contribution in [3.63, 3.8) is 0 Å². The Balaban J connectivity index is 0.00000162. The number of hydrogen-bond acceptors (Lipinski definition) is 2. The summed E-state index contributed by atoms with van der Waals surface area (Å²) in [6.45, 7) is 7.12. The molecule has 1 unspecified atom stereocenters. The molecule has 3 nitrogen and oxygen atoms in total. The number of nitrogens with zero attached hydrogens (tertiary/aromatic N) is 1. The first kappa shape index (κ1) is 15.8. The van der Waals surface area contributed by atoms with Crippen LogP contribution < -0.4 is 5.73 Å². The van der Waals surface area contributed by atoms with Crippen molar-refractivity contribution in [1.29, 1.82) is 0 Å². The molecule has 1 heterocycles. The molecule has 1 saturated heterocycles. The third-order valence-corrected chi connectivity index (χ3v) is 5.00. The SMILES string of the molecule is CCC1(C)CCN(C(=O)[C@@H]2CCC[C@@H]2CN)C1.Cl. The first-order chi connectivity index (χ1) is 8.09. The predicted molar refractivity (Wildman–Crippen MR) is 76.7 cm³/mol. The number of carbonyl (C=O) groups is 1. The zero-order chi connectivity index (χ0) is 12.5. The number of likely N-dealkylation sites (tertiary alicyclic amines) is 1. The topological polar surface area (TPSA) is 46.3 Å². The lowest BCUT2D eigenvalue weighted by atomic mass is 9.87. The summed E-state index contributed by atoms with van der Waals surface area (Å²) >= 11 is 0. The first-order valence-electron chi connectivity index (χ1n) is 7.08. The van der Waals surface area contributed by atoms with Gasteiger partial charge < -0.3 is 10.6 Å². The summed E-state index contributed by atoms with van der Waals surface area (Å²) in [7, 11) is 0. The van der Waals surface area contributed by atoms with Gasteiger partial charge in [-0.1, -0.05) is 20.3 Å². The highest BCUT2D eigenvalue weighted by atomic mass is 35.5. The van der Waals surface area contributed by atoms with Gasteiger partial charge in [0.05, 0.1) is 0 Å². The van der Waals surface area contributed by atoms with Crippen LogP contribution in [0.5, 0.6) is 0 Å². The molecule has 106 valence electrons. The van der Waals surface area contributed by atoms with E-state index in [1.54, 1.807) is 0 Å². The molecule has 18 heavy (non-hydrogen) atoms. The van der Waals surface area contributed by atoms with Crippen LogP contribution in [0, 0.1) is 17.3 Å². The van der Waals surface area contributed by atoms with Crippen LogP contribution >= 0.6 is 12.4 Å². The van der Waals surface area contributed by atoms with E-state index in [1.165, 1.54) is 12.8 Å². The first-order valence-corrected chi connectivity index (χ1v) is 7.08. The average molecular weight is 275 g/mol. The standard InChI is InChI=1S/C14H26N2O.ClH/c1-3-14(2)7-8-16(10-14)13(17)12-6-4-5-11(12)9-15;/h11-12H,3-10,15H2,1-2H3;1H/t11-,12-,14?;/m1./s1. The van der Waals surface area contributed by atoms with Gasteiger partial charge in [-0.2, -0.15) is 0 Å². The molecule has 1 saturated carbocycles. The van der Waals surface area contributed by atoms with Crippen LogP contribution in [0.1, 0.15) is 46.0 Å². The molecule has 2 N–H and O–H groups in total. The molecule has 3 atom stereocenters. The monoisotopic (exact) mass is 274 g/mol. The fourth-order valence-corrected chi connectivity index (χ4v) is 3.38. The van der Waals surface area contributed by atoms with Crippen LogP contribution in [0.2, 0.25) is 0 Å². The molecule has 1 aliphatic carbocycles. The third kappa shape index (κ3) is 3.00. The van der Waals surface area contributed by atoms with E-state index in [9.17, 15) is 4.79 Å². The van der Waals surface area contributed by atoms with Crippen molar-refractivity contribution in [2.75, 3.05) is 19.6 Å². The Kier molecular flexibility index (Phi) is 5.47. The molecule has 2 rings (SSSR count). The molecule has 4 heteroatoms.